The first kappa shape index (κ1) is 16.2. The molecular formula is C9H11O8P. The molecule has 0 spiro atoms. The number of carboxylic acids is 1. The van der Waals surface area contributed by atoms with Gasteiger partial charge in [-0.25, -0.2) is 4.79 Å². The fourth-order valence-corrected chi connectivity index (χ4v) is 1.10. The Morgan fingerprint density at radius 1 is 1.22 bits per heavy atom. The van der Waals surface area contributed by atoms with Crippen LogP contribution in [0.15, 0.2) is 0 Å². The van der Waals surface area contributed by atoms with Gasteiger partial charge in [-0.1, -0.05) is 0 Å². The monoisotopic (exact) mass is 278 g/mol. The second-order valence-electron chi connectivity index (χ2n) is 3.20. The topological polar surface area (TPSA) is 124 Å². The molecule has 8 nitrogen and oxygen atoms in total. The summed E-state index contributed by atoms with van der Waals surface area (Å²) >= 11 is 0. The van der Waals surface area contributed by atoms with Crippen molar-refractivity contribution in [3.8, 4) is 0 Å². The number of esters is 2. The Kier molecular flexibility index (Phi) is 6.74. The first-order chi connectivity index (χ1) is 8.27. The molecule has 1 N–H and O–H groups in total. The van der Waals surface area contributed by atoms with Gasteiger partial charge in [0.05, 0.1) is 6.42 Å². The Morgan fingerprint density at radius 3 is 2.17 bits per heavy atom. The summed E-state index contributed by atoms with van der Waals surface area (Å²) in [5.74, 6) is -3.42. The predicted octanol–water partition coefficient (Wildman–Crippen LogP) is 0.143. The Bertz CT molecular complexity index is 377. The number of carboxylic acid groups (broad SMARTS) is 1. The van der Waals surface area contributed by atoms with E-state index in [9.17, 15) is 23.7 Å². The molecule has 2 atom stereocenters. The van der Waals surface area contributed by atoms with E-state index in [1.807, 2.05) is 0 Å². The average molecular weight is 278 g/mol. The molecule has 0 aromatic rings. The zero-order valence-corrected chi connectivity index (χ0v) is 10.5. The van der Waals surface area contributed by atoms with Crippen molar-refractivity contribution in [3.05, 3.63) is 0 Å². The minimum atomic E-state index is -1.68. The molecule has 0 fully saturated rings. The van der Waals surface area contributed by atoms with E-state index in [0.717, 1.165) is 6.92 Å². The van der Waals surface area contributed by atoms with Crippen molar-refractivity contribution in [1.82, 2.24) is 0 Å². The van der Waals surface area contributed by atoms with E-state index < -0.39 is 50.5 Å². The summed E-state index contributed by atoms with van der Waals surface area (Å²) in [5.41, 5.74) is -0.859. The molecule has 0 aromatic heterocycles. The minimum absolute atomic E-state index is 0.734. The van der Waals surface area contributed by atoms with E-state index in [4.69, 9.17) is 5.11 Å². The molecule has 0 aliphatic rings. The largest absolute Gasteiger partial charge is 0.478 e. The lowest BCUT2D eigenvalue weighted by molar-refractivity contribution is -0.168. The zero-order chi connectivity index (χ0) is 14.3. The van der Waals surface area contributed by atoms with Crippen LogP contribution in [0.5, 0.6) is 0 Å². The summed E-state index contributed by atoms with van der Waals surface area (Å²) in [6, 6.07) is 0. The highest BCUT2D eigenvalue weighted by Crippen LogP contribution is 2.08. The molecule has 0 rings (SSSR count). The molecule has 0 saturated heterocycles. The molecule has 0 aliphatic carbocycles. The van der Waals surface area contributed by atoms with Crippen molar-refractivity contribution < 1.29 is 38.3 Å². The molecule has 0 amide bonds. The maximum Gasteiger partial charge on any atom is 0.345 e. The molecule has 0 saturated carbocycles. The molecule has 0 heterocycles. The van der Waals surface area contributed by atoms with Crippen LogP contribution in [0, 0.1) is 0 Å². The number of carbonyl (C=O) groups is 4. The average Bonchev–Trinajstić information content (AvgIpc) is 2.25. The van der Waals surface area contributed by atoms with Crippen LogP contribution in [0.25, 0.3) is 0 Å². The first-order valence-corrected chi connectivity index (χ1v) is 5.55. The molecule has 9 heteroatoms. The number of ether oxygens (including phenoxy) is 2. The summed E-state index contributed by atoms with van der Waals surface area (Å²) in [7, 11) is -0.813. The van der Waals surface area contributed by atoms with Gasteiger partial charge < -0.3 is 14.6 Å². The Labute approximate surface area is 103 Å². The van der Waals surface area contributed by atoms with Gasteiger partial charge in [0, 0.05) is 6.92 Å². The van der Waals surface area contributed by atoms with Crippen LogP contribution in [-0.4, -0.2) is 40.7 Å². The highest BCUT2D eigenvalue weighted by molar-refractivity contribution is 7.46. The fraction of sp³-hybridized carbons (Fsp3) is 0.556. The molecule has 0 aromatic carbocycles. The van der Waals surface area contributed by atoms with E-state index in [1.54, 1.807) is 0 Å². The van der Waals surface area contributed by atoms with Gasteiger partial charge in [0.25, 0.3) is 5.52 Å². The molecule has 0 unspecified atom stereocenters. The minimum Gasteiger partial charge on any atom is -0.478 e. The van der Waals surface area contributed by atoms with Gasteiger partial charge in [-0.3, -0.25) is 18.9 Å². The molecule has 100 valence electrons. The normalized spacial score (nSPS) is 13.4. The summed E-state index contributed by atoms with van der Waals surface area (Å²) in [6.07, 6.45) is -3.67. The summed E-state index contributed by atoms with van der Waals surface area (Å²) in [4.78, 5) is 43.3. The van der Waals surface area contributed by atoms with E-state index >= 15 is 0 Å². The quantitative estimate of drug-likeness (QED) is 0.515. The summed E-state index contributed by atoms with van der Waals surface area (Å²) in [6.45, 7) is 2.18. The second-order valence-corrected chi connectivity index (χ2v) is 3.83. The van der Waals surface area contributed by atoms with Crippen molar-refractivity contribution in [2.75, 3.05) is 0 Å². The Morgan fingerprint density at radius 2 is 1.78 bits per heavy atom. The van der Waals surface area contributed by atoms with Crippen molar-refractivity contribution in [1.29, 1.82) is 0 Å². The molecule has 18 heavy (non-hydrogen) atoms. The van der Waals surface area contributed by atoms with E-state index in [0.29, 0.717) is 0 Å². The number of hydrogen-bond acceptors (Lipinski definition) is 7. The number of aliphatic carboxylic acids is 1. The maximum absolute atomic E-state index is 11.2. The van der Waals surface area contributed by atoms with Gasteiger partial charge in [0.1, 0.15) is 0 Å². The molecular weight excluding hydrogens is 267 g/mol. The van der Waals surface area contributed by atoms with Crippen LogP contribution in [0.3, 0.4) is 0 Å². The second kappa shape index (κ2) is 7.50. The van der Waals surface area contributed by atoms with Crippen molar-refractivity contribution in [2.24, 2.45) is 0 Å². The SMILES string of the molecule is CC(=O)O[C@@H](CC(=O)O[C@@H](C)C(=O)P=O)C(=O)O. The smallest absolute Gasteiger partial charge is 0.345 e. The van der Waals surface area contributed by atoms with Crippen molar-refractivity contribution in [3.63, 3.8) is 0 Å². The van der Waals surface area contributed by atoms with Gasteiger partial charge in [-0.05, 0) is 6.92 Å². The van der Waals surface area contributed by atoms with E-state index in [1.165, 1.54) is 6.92 Å². The zero-order valence-electron chi connectivity index (χ0n) is 9.61. The molecule has 0 radical (unpaired) electrons. The lowest BCUT2D eigenvalue weighted by Crippen LogP contribution is -2.31. The standard InChI is InChI=1S/C9H11O8P/c1-4(9(14)18-15)16-7(11)3-6(8(12)13)17-5(2)10/h4,6H,3H2,1-2H3,(H,12,13)/t4-,6-/m0/s1. The summed E-state index contributed by atoms with van der Waals surface area (Å²) in [5, 5.41) is 8.66. The van der Waals surface area contributed by atoms with Crippen molar-refractivity contribution in [2.45, 2.75) is 32.5 Å². The third kappa shape index (κ3) is 6.05. The first-order valence-electron chi connectivity index (χ1n) is 4.74. The van der Waals surface area contributed by atoms with Crippen LogP contribution in [0.4, 0.5) is 0 Å². The number of rotatable bonds is 7. The Hall–Kier alpha value is -1.82. The van der Waals surface area contributed by atoms with Gasteiger partial charge in [0.15, 0.2) is 6.10 Å². The van der Waals surface area contributed by atoms with E-state index in [2.05, 4.69) is 9.47 Å². The maximum atomic E-state index is 11.2. The Balaban J connectivity index is 4.43. The molecule has 0 bridgehead atoms. The highest BCUT2D eigenvalue weighted by Gasteiger charge is 2.27. The number of carbonyl (C=O) groups excluding carboxylic acids is 3. The highest BCUT2D eigenvalue weighted by atomic mass is 31.1. The van der Waals surface area contributed by atoms with Crippen molar-refractivity contribution >= 4 is 31.9 Å². The number of hydrogen-bond donors (Lipinski definition) is 1. The van der Waals surface area contributed by atoms with Crippen LogP contribution in [-0.2, 0) is 33.2 Å². The lowest BCUT2D eigenvalue weighted by Gasteiger charge is -2.13. The predicted molar refractivity (Wildman–Crippen MR) is 56.0 cm³/mol. The van der Waals surface area contributed by atoms with Crippen LogP contribution < -0.4 is 0 Å². The van der Waals surface area contributed by atoms with Gasteiger partial charge in [-0.15, -0.1) is 0 Å². The van der Waals surface area contributed by atoms with E-state index in [-0.39, 0.29) is 0 Å². The van der Waals surface area contributed by atoms with Gasteiger partial charge >= 0.3 is 17.9 Å². The van der Waals surface area contributed by atoms with Crippen LogP contribution >= 0.6 is 8.46 Å². The third-order valence-corrected chi connectivity index (χ3v) is 2.23. The third-order valence-electron chi connectivity index (χ3n) is 1.68. The summed E-state index contributed by atoms with van der Waals surface area (Å²) < 4.78 is 19.1. The van der Waals surface area contributed by atoms with Gasteiger partial charge in [-0.2, -0.15) is 0 Å². The lowest BCUT2D eigenvalue weighted by atomic mass is 10.2. The fourth-order valence-electron chi connectivity index (χ4n) is 0.901. The van der Waals surface area contributed by atoms with Crippen LogP contribution in [0.1, 0.15) is 20.3 Å². The molecule has 0 aliphatic heterocycles. The van der Waals surface area contributed by atoms with Crippen LogP contribution in [0.2, 0.25) is 0 Å². The van der Waals surface area contributed by atoms with Gasteiger partial charge in [0.2, 0.25) is 14.6 Å².